The van der Waals surface area contributed by atoms with Gasteiger partial charge in [-0.3, -0.25) is 9.59 Å². The van der Waals surface area contributed by atoms with Crippen molar-refractivity contribution in [3.8, 4) is 0 Å². The molecule has 0 saturated heterocycles. The summed E-state index contributed by atoms with van der Waals surface area (Å²) in [5.74, 6) is -0.166. The van der Waals surface area contributed by atoms with Crippen molar-refractivity contribution < 1.29 is 9.21 Å². The van der Waals surface area contributed by atoms with E-state index in [2.05, 4.69) is 15.5 Å². The van der Waals surface area contributed by atoms with E-state index in [0.29, 0.717) is 22.5 Å². The fraction of sp³-hybridized carbons (Fsp3) is 0.143. The summed E-state index contributed by atoms with van der Waals surface area (Å²) in [6.45, 7) is 1.61. The zero-order chi connectivity index (χ0) is 15.0. The van der Waals surface area contributed by atoms with Crippen LogP contribution in [0.2, 0.25) is 0 Å². The van der Waals surface area contributed by atoms with Crippen molar-refractivity contribution in [3.05, 3.63) is 52.1 Å². The van der Waals surface area contributed by atoms with Crippen LogP contribution < -0.4 is 10.7 Å². The van der Waals surface area contributed by atoms with Gasteiger partial charge in [-0.1, -0.05) is 6.07 Å². The molecule has 0 radical (unpaired) electrons. The Morgan fingerprint density at radius 1 is 1.29 bits per heavy atom. The van der Waals surface area contributed by atoms with Crippen LogP contribution >= 0.6 is 0 Å². The molecule has 0 spiro atoms. The third kappa shape index (κ3) is 2.53. The average molecular weight is 284 g/mol. The number of nitrogens with zero attached hydrogens (tertiary/aromatic N) is 3. The number of nitrogens with one attached hydrogen (secondary N) is 1. The fourth-order valence-corrected chi connectivity index (χ4v) is 2.04. The number of benzene rings is 1. The Kier molecular flexibility index (Phi) is 3.02. The second-order valence-electron chi connectivity index (χ2n) is 4.58. The van der Waals surface area contributed by atoms with E-state index in [1.165, 1.54) is 10.9 Å². The highest BCUT2D eigenvalue weighted by molar-refractivity contribution is 6.06. The summed E-state index contributed by atoms with van der Waals surface area (Å²) in [4.78, 5) is 25.0. The molecule has 0 atom stereocenters. The maximum Gasteiger partial charge on any atom is 0.291 e. The summed E-state index contributed by atoms with van der Waals surface area (Å²) in [5.41, 5.74) is 1.47. The van der Waals surface area contributed by atoms with Crippen molar-refractivity contribution >= 4 is 22.6 Å². The SMILES string of the molecule is Cc1cc(=O)cc(C(=O)Nc2cccc3nn(C)nc23)o1. The molecule has 2 aromatic heterocycles. The molecule has 0 fully saturated rings. The van der Waals surface area contributed by atoms with Crippen LogP contribution in [-0.2, 0) is 7.05 Å². The number of aromatic nitrogens is 3. The predicted octanol–water partition coefficient (Wildman–Crippen LogP) is 1.48. The number of carbonyl (C=O) groups excluding carboxylic acids is 1. The maximum atomic E-state index is 12.2. The smallest absolute Gasteiger partial charge is 0.291 e. The Bertz CT molecular complexity index is 895. The molecule has 2 heterocycles. The molecule has 0 saturated carbocycles. The summed E-state index contributed by atoms with van der Waals surface area (Å²) in [5, 5.41) is 11.0. The Hall–Kier alpha value is -2.96. The monoisotopic (exact) mass is 284 g/mol. The van der Waals surface area contributed by atoms with E-state index in [1.54, 1.807) is 32.2 Å². The normalized spacial score (nSPS) is 10.8. The molecular formula is C14H12N4O3. The highest BCUT2D eigenvalue weighted by atomic mass is 16.3. The van der Waals surface area contributed by atoms with E-state index >= 15 is 0 Å². The number of rotatable bonds is 2. The van der Waals surface area contributed by atoms with Crippen molar-refractivity contribution in [1.29, 1.82) is 0 Å². The molecule has 0 bridgehead atoms. The van der Waals surface area contributed by atoms with Gasteiger partial charge >= 0.3 is 0 Å². The van der Waals surface area contributed by atoms with Crippen LogP contribution in [0.4, 0.5) is 5.69 Å². The molecule has 0 aliphatic carbocycles. The molecule has 3 rings (SSSR count). The first-order valence-corrected chi connectivity index (χ1v) is 6.26. The van der Waals surface area contributed by atoms with E-state index < -0.39 is 5.91 Å². The highest BCUT2D eigenvalue weighted by Gasteiger charge is 2.13. The average Bonchev–Trinajstić information content (AvgIpc) is 2.79. The van der Waals surface area contributed by atoms with E-state index in [9.17, 15) is 9.59 Å². The summed E-state index contributed by atoms with van der Waals surface area (Å²) < 4.78 is 5.26. The molecule has 1 N–H and O–H groups in total. The zero-order valence-electron chi connectivity index (χ0n) is 11.5. The lowest BCUT2D eigenvalue weighted by atomic mass is 10.2. The number of aryl methyl sites for hydroxylation is 2. The van der Waals surface area contributed by atoms with Gasteiger partial charge in [0.05, 0.1) is 5.69 Å². The number of carbonyl (C=O) groups is 1. The molecule has 3 aromatic rings. The summed E-state index contributed by atoms with van der Waals surface area (Å²) in [6.07, 6.45) is 0. The van der Waals surface area contributed by atoms with Gasteiger partial charge in [0.1, 0.15) is 16.8 Å². The molecule has 0 unspecified atom stereocenters. The topological polar surface area (TPSA) is 90.0 Å². The third-order valence-corrected chi connectivity index (χ3v) is 2.87. The Balaban J connectivity index is 1.98. The van der Waals surface area contributed by atoms with Gasteiger partial charge in [0.2, 0.25) is 0 Å². The van der Waals surface area contributed by atoms with Crippen LogP contribution in [0.1, 0.15) is 16.3 Å². The lowest BCUT2D eigenvalue weighted by Gasteiger charge is -2.05. The van der Waals surface area contributed by atoms with Crippen molar-refractivity contribution in [2.75, 3.05) is 5.32 Å². The van der Waals surface area contributed by atoms with E-state index in [0.717, 1.165) is 6.07 Å². The van der Waals surface area contributed by atoms with Crippen LogP contribution in [0.25, 0.3) is 11.0 Å². The minimum Gasteiger partial charge on any atom is -0.456 e. The van der Waals surface area contributed by atoms with Gasteiger partial charge in [0, 0.05) is 19.2 Å². The molecule has 7 heteroatoms. The Labute approximate surface area is 119 Å². The molecule has 106 valence electrons. The number of hydrogen-bond donors (Lipinski definition) is 1. The largest absolute Gasteiger partial charge is 0.456 e. The fourth-order valence-electron chi connectivity index (χ4n) is 2.04. The lowest BCUT2D eigenvalue weighted by Crippen LogP contribution is -2.15. The van der Waals surface area contributed by atoms with Crippen LogP contribution in [0, 0.1) is 6.92 Å². The second-order valence-corrected chi connectivity index (χ2v) is 4.58. The minimum absolute atomic E-state index is 0.0408. The molecular weight excluding hydrogens is 272 g/mol. The van der Waals surface area contributed by atoms with Gasteiger partial charge < -0.3 is 9.73 Å². The summed E-state index contributed by atoms with van der Waals surface area (Å²) in [7, 11) is 1.70. The molecule has 0 aliphatic rings. The molecule has 1 amide bonds. The van der Waals surface area contributed by atoms with Crippen molar-refractivity contribution in [2.24, 2.45) is 7.05 Å². The van der Waals surface area contributed by atoms with Crippen molar-refractivity contribution in [3.63, 3.8) is 0 Å². The molecule has 21 heavy (non-hydrogen) atoms. The third-order valence-electron chi connectivity index (χ3n) is 2.87. The van der Waals surface area contributed by atoms with Crippen molar-refractivity contribution in [1.82, 2.24) is 15.0 Å². The molecule has 1 aromatic carbocycles. The Morgan fingerprint density at radius 2 is 2.10 bits per heavy atom. The maximum absolute atomic E-state index is 12.2. The summed E-state index contributed by atoms with van der Waals surface area (Å²) in [6, 6.07) is 7.74. The number of amides is 1. The minimum atomic E-state index is -0.506. The standard InChI is InChI=1S/C14H12N4O3/c1-8-6-9(19)7-12(21-8)14(20)15-10-4-3-5-11-13(10)17-18(2)16-11/h3-7H,1-2H3,(H,15,20). The van der Waals surface area contributed by atoms with Gasteiger partial charge in [-0.15, -0.1) is 0 Å². The van der Waals surface area contributed by atoms with Gasteiger partial charge in [-0.25, -0.2) is 0 Å². The van der Waals surface area contributed by atoms with Crippen LogP contribution in [0.5, 0.6) is 0 Å². The Morgan fingerprint density at radius 3 is 2.86 bits per heavy atom. The molecule has 7 nitrogen and oxygen atoms in total. The van der Waals surface area contributed by atoms with E-state index in [1.807, 2.05) is 0 Å². The van der Waals surface area contributed by atoms with Crippen LogP contribution in [0.3, 0.4) is 0 Å². The number of fused-ring (bicyclic) bond motifs is 1. The number of hydrogen-bond acceptors (Lipinski definition) is 5. The quantitative estimate of drug-likeness (QED) is 0.769. The lowest BCUT2D eigenvalue weighted by molar-refractivity contribution is 0.0993. The predicted molar refractivity (Wildman–Crippen MR) is 76.2 cm³/mol. The van der Waals surface area contributed by atoms with Crippen molar-refractivity contribution in [2.45, 2.75) is 6.92 Å². The first-order valence-electron chi connectivity index (χ1n) is 6.26. The van der Waals surface area contributed by atoms with E-state index in [4.69, 9.17) is 4.42 Å². The first-order chi connectivity index (χ1) is 10.0. The first kappa shape index (κ1) is 13.0. The molecule has 0 aliphatic heterocycles. The van der Waals surface area contributed by atoms with Gasteiger partial charge in [-0.2, -0.15) is 15.0 Å². The number of anilines is 1. The van der Waals surface area contributed by atoms with Gasteiger partial charge in [0.15, 0.2) is 11.2 Å². The van der Waals surface area contributed by atoms with Crippen LogP contribution in [-0.4, -0.2) is 20.9 Å². The second kappa shape index (κ2) is 4.86. The highest BCUT2D eigenvalue weighted by Crippen LogP contribution is 2.20. The van der Waals surface area contributed by atoms with Gasteiger partial charge in [0.25, 0.3) is 5.91 Å². The summed E-state index contributed by atoms with van der Waals surface area (Å²) >= 11 is 0. The zero-order valence-corrected chi connectivity index (χ0v) is 11.5. The van der Waals surface area contributed by atoms with Crippen LogP contribution in [0.15, 0.2) is 39.5 Å². The van der Waals surface area contributed by atoms with E-state index in [-0.39, 0.29) is 11.2 Å². The van der Waals surface area contributed by atoms with Gasteiger partial charge in [-0.05, 0) is 19.1 Å².